The summed E-state index contributed by atoms with van der Waals surface area (Å²) in [6, 6.07) is 6.91. The van der Waals surface area contributed by atoms with E-state index >= 15 is 0 Å². The van der Waals surface area contributed by atoms with Crippen LogP contribution in [0.3, 0.4) is 0 Å². The molecule has 0 unspecified atom stereocenters. The van der Waals surface area contributed by atoms with Crippen LogP contribution in [0.5, 0.6) is 0 Å². The van der Waals surface area contributed by atoms with Gasteiger partial charge in [-0.25, -0.2) is 4.98 Å². The van der Waals surface area contributed by atoms with Crippen molar-refractivity contribution in [2.45, 2.75) is 6.92 Å². The van der Waals surface area contributed by atoms with Gasteiger partial charge < -0.3 is 14.2 Å². The third kappa shape index (κ3) is 3.38. The highest BCUT2D eigenvalue weighted by atomic mass is 35.5. The molecule has 2 aromatic heterocycles. The van der Waals surface area contributed by atoms with Crippen LogP contribution in [-0.4, -0.2) is 57.8 Å². The minimum atomic E-state index is -0.0772. The number of rotatable bonds is 2. The fourth-order valence-corrected chi connectivity index (χ4v) is 3.33. The van der Waals surface area contributed by atoms with Gasteiger partial charge in [0, 0.05) is 51.1 Å². The second-order valence-electron chi connectivity index (χ2n) is 6.36. The molecule has 1 aliphatic rings. The van der Waals surface area contributed by atoms with Crippen LogP contribution in [0, 0.1) is 0 Å². The molecule has 0 radical (unpaired) electrons. The van der Waals surface area contributed by atoms with Crippen LogP contribution in [0.4, 0.5) is 0 Å². The van der Waals surface area contributed by atoms with E-state index in [1.807, 2.05) is 0 Å². The zero-order valence-corrected chi connectivity index (χ0v) is 15.4. The Morgan fingerprint density at radius 1 is 1.11 bits per heavy atom. The standard InChI is InChI=1S/C19H17ClN4O3/c1-12(25)23-6-8-24(9-7-23)19(26)13-2-3-17-16(10-13)22-18(27-17)14-4-5-21-11-15(14)20/h2-5,10-11H,6-9H2,1H3. The van der Waals surface area contributed by atoms with Crippen molar-refractivity contribution in [2.24, 2.45) is 0 Å². The van der Waals surface area contributed by atoms with Crippen molar-refractivity contribution in [1.82, 2.24) is 19.8 Å². The third-order valence-electron chi connectivity index (χ3n) is 4.65. The molecule has 1 fully saturated rings. The Morgan fingerprint density at radius 3 is 2.56 bits per heavy atom. The maximum absolute atomic E-state index is 12.8. The number of carbonyl (C=O) groups excluding carboxylic acids is 2. The second-order valence-corrected chi connectivity index (χ2v) is 6.76. The number of amides is 2. The molecule has 0 bridgehead atoms. The predicted molar refractivity (Wildman–Crippen MR) is 100 cm³/mol. The van der Waals surface area contributed by atoms with Crippen LogP contribution in [-0.2, 0) is 4.79 Å². The molecule has 8 heteroatoms. The number of hydrogen-bond donors (Lipinski definition) is 0. The highest BCUT2D eigenvalue weighted by molar-refractivity contribution is 6.33. The van der Waals surface area contributed by atoms with Gasteiger partial charge in [0.05, 0.1) is 10.6 Å². The van der Waals surface area contributed by atoms with Crippen LogP contribution >= 0.6 is 11.6 Å². The third-order valence-corrected chi connectivity index (χ3v) is 4.95. The molecule has 0 spiro atoms. The summed E-state index contributed by atoms with van der Waals surface area (Å²) in [5.41, 5.74) is 2.36. The predicted octanol–water partition coefficient (Wildman–Crippen LogP) is 2.85. The number of oxazole rings is 1. The molecule has 0 N–H and O–H groups in total. The first kappa shape index (κ1) is 17.5. The van der Waals surface area contributed by atoms with Crippen LogP contribution < -0.4 is 0 Å². The summed E-state index contributed by atoms with van der Waals surface area (Å²) in [4.78, 5) is 36.1. The van der Waals surface area contributed by atoms with Crippen molar-refractivity contribution in [2.75, 3.05) is 26.2 Å². The topological polar surface area (TPSA) is 79.5 Å². The highest BCUT2D eigenvalue weighted by Crippen LogP contribution is 2.29. The Balaban J connectivity index is 1.58. The van der Waals surface area contributed by atoms with Gasteiger partial charge in [0.25, 0.3) is 5.91 Å². The van der Waals surface area contributed by atoms with Gasteiger partial charge >= 0.3 is 0 Å². The molecule has 1 saturated heterocycles. The number of fused-ring (bicyclic) bond motifs is 1. The fourth-order valence-electron chi connectivity index (χ4n) is 3.13. The van der Waals surface area contributed by atoms with E-state index in [0.29, 0.717) is 59.3 Å². The molecule has 7 nitrogen and oxygen atoms in total. The van der Waals surface area contributed by atoms with Gasteiger partial charge in [-0.15, -0.1) is 0 Å². The molecule has 138 valence electrons. The number of hydrogen-bond acceptors (Lipinski definition) is 5. The average Bonchev–Trinajstić information content (AvgIpc) is 3.10. The second kappa shape index (κ2) is 7.00. The van der Waals surface area contributed by atoms with E-state index in [4.69, 9.17) is 16.0 Å². The maximum Gasteiger partial charge on any atom is 0.254 e. The molecule has 1 aliphatic heterocycles. The van der Waals surface area contributed by atoms with Gasteiger partial charge in [0.1, 0.15) is 5.52 Å². The van der Waals surface area contributed by atoms with E-state index in [-0.39, 0.29) is 11.8 Å². The van der Waals surface area contributed by atoms with Crippen molar-refractivity contribution in [3.63, 3.8) is 0 Å². The lowest BCUT2D eigenvalue weighted by atomic mass is 10.1. The van der Waals surface area contributed by atoms with Crippen LogP contribution in [0.2, 0.25) is 5.02 Å². The summed E-state index contributed by atoms with van der Waals surface area (Å²) in [6.07, 6.45) is 3.15. The summed E-state index contributed by atoms with van der Waals surface area (Å²) < 4.78 is 5.76. The normalized spacial score (nSPS) is 14.6. The molecular weight excluding hydrogens is 368 g/mol. The number of piperazine rings is 1. The minimum Gasteiger partial charge on any atom is -0.436 e. The first-order valence-corrected chi connectivity index (χ1v) is 8.96. The number of aromatic nitrogens is 2. The van der Waals surface area contributed by atoms with Crippen molar-refractivity contribution >= 4 is 34.5 Å². The smallest absolute Gasteiger partial charge is 0.254 e. The lowest BCUT2D eigenvalue weighted by Gasteiger charge is -2.34. The monoisotopic (exact) mass is 384 g/mol. The molecule has 0 atom stereocenters. The van der Waals surface area contributed by atoms with Crippen molar-refractivity contribution in [1.29, 1.82) is 0 Å². The van der Waals surface area contributed by atoms with Crippen LogP contribution in [0.15, 0.2) is 41.1 Å². The number of halogens is 1. The molecule has 1 aromatic carbocycles. The Labute approximate surface area is 160 Å². The van der Waals surface area contributed by atoms with Gasteiger partial charge in [0.2, 0.25) is 11.8 Å². The lowest BCUT2D eigenvalue weighted by Crippen LogP contribution is -2.50. The number of benzene rings is 1. The molecule has 4 rings (SSSR count). The Kier molecular flexibility index (Phi) is 4.53. The van der Waals surface area contributed by atoms with Gasteiger partial charge in [-0.05, 0) is 24.3 Å². The Hall–Kier alpha value is -2.93. The Morgan fingerprint density at radius 2 is 1.85 bits per heavy atom. The summed E-state index contributed by atoms with van der Waals surface area (Å²) in [5.74, 6) is 0.345. The summed E-state index contributed by atoms with van der Waals surface area (Å²) in [7, 11) is 0. The molecule has 2 amide bonds. The first-order chi connectivity index (χ1) is 13.0. The van der Waals surface area contributed by atoms with E-state index in [0.717, 1.165) is 0 Å². The lowest BCUT2D eigenvalue weighted by molar-refractivity contribution is -0.130. The maximum atomic E-state index is 12.8. The van der Waals surface area contributed by atoms with Gasteiger partial charge in [-0.1, -0.05) is 11.6 Å². The zero-order valence-electron chi connectivity index (χ0n) is 14.7. The van der Waals surface area contributed by atoms with Crippen LogP contribution in [0.25, 0.3) is 22.6 Å². The molecule has 3 heterocycles. The number of carbonyl (C=O) groups is 2. The molecular formula is C19H17ClN4O3. The van der Waals surface area contributed by atoms with E-state index in [1.54, 1.807) is 47.2 Å². The number of pyridine rings is 1. The molecule has 27 heavy (non-hydrogen) atoms. The summed E-state index contributed by atoms with van der Waals surface area (Å²) in [6.45, 7) is 3.69. The van der Waals surface area contributed by atoms with E-state index in [2.05, 4.69) is 9.97 Å². The first-order valence-electron chi connectivity index (χ1n) is 8.58. The minimum absolute atomic E-state index is 0.0356. The highest BCUT2D eigenvalue weighted by Gasteiger charge is 2.24. The summed E-state index contributed by atoms with van der Waals surface area (Å²) >= 11 is 6.15. The largest absolute Gasteiger partial charge is 0.436 e. The zero-order chi connectivity index (χ0) is 19.0. The van der Waals surface area contributed by atoms with E-state index < -0.39 is 0 Å². The van der Waals surface area contributed by atoms with Crippen LogP contribution in [0.1, 0.15) is 17.3 Å². The van der Waals surface area contributed by atoms with Gasteiger partial charge in [0.15, 0.2) is 5.58 Å². The van der Waals surface area contributed by atoms with Gasteiger partial charge in [-0.3, -0.25) is 14.6 Å². The summed E-state index contributed by atoms with van der Waals surface area (Å²) in [5, 5.41) is 0.448. The quantitative estimate of drug-likeness (QED) is 0.678. The van der Waals surface area contributed by atoms with Crippen molar-refractivity contribution < 1.29 is 14.0 Å². The van der Waals surface area contributed by atoms with E-state index in [9.17, 15) is 9.59 Å². The number of nitrogens with zero attached hydrogens (tertiary/aromatic N) is 4. The average molecular weight is 385 g/mol. The van der Waals surface area contributed by atoms with Gasteiger partial charge in [-0.2, -0.15) is 0 Å². The Bertz CT molecular complexity index is 1020. The van der Waals surface area contributed by atoms with E-state index in [1.165, 1.54) is 6.20 Å². The SMILES string of the molecule is CC(=O)N1CCN(C(=O)c2ccc3oc(-c4ccncc4Cl)nc3c2)CC1. The van der Waals surface area contributed by atoms with Crippen molar-refractivity contribution in [3.05, 3.63) is 47.2 Å². The molecule has 0 saturated carbocycles. The molecule has 3 aromatic rings. The fraction of sp³-hybridized carbons (Fsp3) is 0.263. The molecule has 0 aliphatic carbocycles. The van der Waals surface area contributed by atoms with Crippen molar-refractivity contribution in [3.8, 4) is 11.5 Å².